The van der Waals surface area contributed by atoms with E-state index in [2.05, 4.69) is 84.1 Å². The van der Waals surface area contributed by atoms with E-state index in [0.717, 1.165) is 50.5 Å². The van der Waals surface area contributed by atoms with Crippen LogP contribution >= 0.6 is 0 Å². The molecule has 1 aromatic rings. The molecule has 192 valence electrons. The van der Waals surface area contributed by atoms with Crippen molar-refractivity contribution in [1.82, 2.24) is 4.90 Å². The molecule has 0 saturated heterocycles. The van der Waals surface area contributed by atoms with E-state index < -0.39 is 0 Å². The molecule has 0 spiro atoms. The highest BCUT2D eigenvalue weighted by molar-refractivity contribution is 6.04. The van der Waals surface area contributed by atoms with Gasteiger partial charge in [-0.2, -0.15) is 0 Å². The molecule has 3 aliphatic carbocycles. The molecule has 0 bridgehead atoms. The molecular weight excluding hydrogens is 438 g/mol. The van der Waals surface area contributed by atoms with Crippen LogP contribution in [0.4, 0.5) is 0 Å². The van der Waals surface area contributed by atoms with Gasteiger partial charge in [-0.05, 0) is 111 Å². The molecule has 1 amide bonds. The minimum absolute atomic E-state index is 0.166. The Bertz CT molecular complexity index is 1180. The van der Waals surface area contributed by atoms with Gasteiger partial charge < -0.3 is 4.90 Å². The van der Waals surface area contributed by atoms with Crippen molar-refractivity contribution in [3.63, 3.8) is 0 Å². The third kappa shape index (κ3) is 5.24. The molecule has 0 saturated carbocycles. The van der Waals surface area contributed by atoms with Crippen LogP contribution in [0, 0.1) is 12.8 Å². The van der Waals surface area contributed by atoms with Crippen molar-refractivity contribution in [2.45, 2.75) is 98.4 Å². The number of unbranched alkanes of at least 4 members (excludes halogenated alkanes) is 1. The van der Waals surface area contributed by atoms with E-state index >= 15 is 0 Å². The summed E-state index contributed by atoms with van der Waals surface area (Å²) in [5.74, 6) is 0.420. The van der Waals surface area contributed by atoms with E-state index in [-0.39, 0.29) is 17.4 Å². The Balaban J connectivity index is 1.83. The zero-order chi connectivity index (χ0) is 26.0. The highest BCUT2D eigenvalue weighted by Gasteiger charge is 2.37. The minimum Gasteiger partial charge on any atom is -0.337 e. The fraction of sp³-hybridized carbons (Fsp3) is 0.500. The highest BCUT2D eigenvalue weighted by Crippen LogP contribution is 2.49. The van der Waals surface area contributed by atoms with Crippen molar-refractivity contribution in [2.24, 2.45) is 5.92 Å². The Hall–Kier alpha value is -2.61. The van der Waals surface area contributed by atoms with Crippen molar-refractivity contribution in [3.05, 3.63) is 81.5 Å². The summed E-state index contributed by atoms with van der Waals surface area (Å²) < 4.78 is 0. The first-order valence-electron chi connectivity index (χ1n) is 14.1. The quantitative estimate of drug-likeness (QED) is 0.362. The number of likely N-dealkylation sites (N-methyl/N-ethyl adjacent to an activating group) is 1. The molecule has 0 aliphatic heterocycles. The summed E-state index contributed by atoms with van der Waals surface area (Å²) in [6.07, 6.45) is 20.2. The van der Waals surface area contributed by atoms with Gasteiger partial charge in [-0.25, -0.2) is 0 Å². The summed E-state index contributed by atoms with van der Waals surface area (Å²) >= 11 is 0. The van der Waals surface area contributed by atoms with E-state index in [1.807, 2.05) is 11.9 Å². The molecule has 0 N–H and O–H groups in total. The lowest BCUT2D eigenvalue weighted by Gasteiger charge is -2.33. The number of allylic oxidation sites excluding steroid dienone is 8. The largest absolute Gasteiger partial charge is 0.337 e. The normalized spacial score (nSPS) is 19.3. The van der Waals surface area contributed by atoms with Gasteiger partial charge in [0, 0.05) is 24.1 Å². The van der Waals surface area contributed by atoms with Crippen LogP contribution in [0.15, 0.2) is 59.2 Å². The van der Waals surface area contributed by atoms with E-state index in [1.165, 1.54) is 51.0 Å². The molecule has 4 rings (SSSR count). The van der Waals surface area contributed by atoms with Crippen LogP contribution in [-0.4, -0.2) is 23.4 Å². The van der Waals surface area contributed by atoms with E-state index in [0.29, 0.717) is 0 Å². The third-order valence-corrected chi connectivity index (χ3v) is 8.16. The van der Waals surface area contributed by atoms with Gasteiger partial charge in [-0.1, -0.05) is 68.7 Å². The molecule has 0 heterocycles. The predicted octanol–water partition coefficient (Wildman–Crippen LogP) is 8.77. The first-order valence-corrected chi connectivity index (χ1v) is 14.1. The average Bonchev–Trinajstić information content (AvgIpc) is 3.48. The summed E-state index contributed by atoms with van der Waals surface area (Å²) in [5.41, 5.74) is 12.0. The van der Waals surface area contributed by atoms with E-state index in [1.54, 1.807) is 0 Å². The van der Waals surface area contributed by atoms with Gasteiger partial charge >= 0.3 is 0 Å². The SMILES string of the molecule is CCC/C=C(\CCC)c1cc2c(cc1C)CCC1=C2C(CC2=CCC=C2)C=C1C(=O)N(C)C(C)(C)C. The zero-order valence-corrected chi connectivity index (χ0v) is 23.6. The van der Waals surface area contributed by atoms with Crippen molar-refractivity contribution in [2.75, 3.05) is 7.05 Å². The number of carbonyl (C=O) groups excluding carboxylic acids is 1. The molecule has 0 fully saturated rings. The van der Waals surface area contributed by atoms with Crippen LogP contribution in [0.3, 0.4) is 0 Å². The Kier molecular flexibility index (Phi) is 7.93. The van der Waals surface area contributed by atoms with Gasteiger partial charge in [0.05, 0.1) is 0 Å². The van der Waals surface area contributed by atoms with Crippen molar-refractivity contribution >= 4 is 17.1 Å². The molecule has 2 nitrogen and oxygen atoms in total. The van der Waals surface area contributed by atoms with Crippen molar-refractivity contribution < 1.29 is 4.79 Å². The van der Waals surface area contributed by atoms with Gasteiger partial charge in [0.2, 0.25) is 0 Å². The van der Waals surface area contributed by atoms with Crippen LogP contribution < -0.4 is 0 Å². The van der Waals surface area contributed by atoms with Crippen LogP contribution in [-0.2, 0) is 11.2 Å². The fourth-order valence-corrected chi connectivity index (χ4v) is 5.91. The highest BCUT2D eigenvalue weighted by atomic mass is 16.2. The number of hydrogen-bond donors (Lipinski definition) is 0. The third-order valence-electron chi connectivity index (χ3n) is 8.16. The lowest BCUT2D eigenvalue weighted by molar-refractivity contribution is -0.129. The first kappa shape index (κ1) is 26.5. The molecule has 1 atom stereocenters. The molecule has 0 aromatic heterocycles. The van der Waals surface area contributed by atoms with Crippen LogP contribution in [0.1, 0.15) is 102 Å². The number of benzene rings is 1. The lowest BCUT2D eigenvalue weighted by Crippen LogP contribution is -2.43. The van der Waals surface area contributed by atoms with Crippen molar-refractivity contribution in [3.8, 4) is 0 Å². The smallest absolute Gasteiger partial charge is 0.254 e. The van der Waals surface area contributed by atoms with E-state index in [9.17, 15) is 4.79 Å². The maximum atomic E-state index is 13.8. The number of fused-ring (bicyclic) bond motifs is 2. The van der Waals surface area contributed by atoms with Gasteiger partial charge in [0.25, 0.3) is 5.91 Å². The molecule has 2 heteroatoms. The molecule has 36 heavy (non-hydrogen) atoms. The standard InChI is InChI=1S/C34H45NO/c1-8-10-16-25(13-9-2)29-22-30-26(19-23(29)3)17-18-28-31(33(36)35(7)34(4,5)6)21-27(32(28)30)20-24-14-11-12-15-24/h11,14-16,19,21-22,27H,8-10,12-13,17-18,20H2,1-7H3/b25-16+. The minimum atomic E-state index is -0.205. The predicted molar refractivity (Wildman–Crippen MR) is 155 cm³/mol. The fourth-order valence-electron chi connectivity index (χ4n) is 5.91. The van der Waals surface area contributed by atoms with Gasteiger partial charge in [0.15, 0.2) is 0 Å². The summed E-state index contributed by atoms with van der Waals surface area (Å²) in [6.45, 7) is 13.2. The maximum absolute atomic E-state index is 13.8. The Morgan fingerprint density at radius 2 is 1.92 bits per heavy atom. The molecule has 1 aromatic carbocycles. The monoisotopic (exact) mass is 483 g/mol. The van der Waals surface area contributed by atoms with Crippen LogP contribution in [0.25, 0.3) is 11.1 Å². The topological polar surface area (TPSA) is 20.3 Å². The van der Waals surface area contributed by atoms with Crippen LogP contribution in [0.5, 0.6) is 0 Å². The summed E-state index contributed by atoms with van der Waals surface area (Å²) in [5, 5.41) is 0. The Morgan fingerprint density at radius 3 is 2.56 bits per heavy atom. The van der Waals surface area contributed by atoms with Gasteiger partial charge in [-0.15, -0.1) is 0 Å². The average molecular weight is 484 g/mol. The lowest BCUT2D eigenvalue weighted by atomic mass is 9.78. The Labute approximate surface area is 219 Å². The number of aryl methyl sites for hydroxylation is 2. The summed E-state index contributed by atoms with van der Waals surface area (Å²) in [4.78, 5) is 15.7. The second kappa shape index (κ2) is 10.8. The number of amides is 1. The maximum Gasteiger partial charge on any atom is 0.254 e. The van der Waals surface area contributed by atoms with Crippen molar-refractivity contribution in [1.29, 1.82) is 0 Å². The van der Waals surface area contributed by atoms with Gasteiger partial charge in [-0.3, -0.25) is 4.79 Å². The molecule has 0 radical (unpaired) electrons. The number of hydrogen-bond acceptors (Lipinski definition) is 1. The zero-order valence-electron chi connectivity index (χ0n) is 23.6. The van der Waals surface area contributed by atoms with Gasteiger partial charge in [0.1, 0.15) is 0 Å². The molecule has 1 unspecified atom stereocenters. The first-order chi connectivity index (χ1) is 17.2. The summed E-state index contributed by atoms with van der Waals surface area (Å²) in [7, 11) is 1.95. The summed E-state index contributed by atoms with van der Waals surface area (Å²) in [6, 6.07) is 4.92. The number of rotatable bonds is 8. The number of nitrogens with zero attached hydrogens (tertiary/aromatic N) is 1. The second-order valence-electron chi connectivity index (χ2n) is 11.8. The molecular formula is C34H45NO. The van der Waals surface area contributed by atoms with E-state index in [4.69, 9.17) is 0 Å². The second-order valence-corrected chi connectivity index (χ2v) is 11.8. The molecule has 3 aliphatic rings. The number of carbonyl (C=O) groups is 1. The van der Waals surface area contributed by atoms with Crippen LogP contribution in [0.2, 0.25) is 0 Å². The Morgan fingerprint density at radius 1 is 1.14 bits per heavy atom.